The summed E-state index contributed by atoms with van der Waals surface area (Å²) < 4.78 is 11.1. The lowest BCUT2D eigenvalue weighted by atomic mass is 9.98. The lowest BCUT2D eigenvalue weighted by molar-refractivity contribution is -0.155. The molecule has 9 nitrogen and oxygen atoms in total. The van der Waals surface area contributed by atoms with Gasteiger partial charge in [0.1, 0.15) is 18.2 Å². The maximum atomic E-state index is 13.2. The summed E-state index contributed by atoms with van der Waals surface area (Å²) in [5.41, 5.74) is 3.81. The Morgan fingerprint density at radius 1 is 0.686 bits per heavy atom. The maximum absolute atomic E-state index is 13.2. The standard InChI is InChI=1S/C42H63N3O6/c1-5-6-7-8-9-10-11-12-15-26-38(46)43-29-20-13-14-21-30-44-40(48)37(27-28-39(47)51-42(2,3)4)45-41(49)50-31-36-34-24-18-16-22-32(34)33-23-17-19-25-35(33)36/h16-19,22-25,36-37H,5-15,20-21,26-31H2,1-4H3,(H,43,46)(H,44,48)(H,45,49). The van der Waals surface area contributed by atoms with Crippen molar-refractivity contribution in [2.24, 2.45) is 0 Å². The second kappa shape index (κ2) is 22.8. The molecule has 51 heavy (non-hydrogen) atoms. The van der Waals surface area contributed by atoms with Gasteiger partial charge in [0, 0.05) is 31.8 Å². The highest BCUT2D eigenvalue weighted by Crippen LogP contribution is 2.44. The fourth-order valence-electron chi connectivity index (χ4n) is 6.56. The SMILES string of the molecule is CCCCCCCCCCCC(=O)NCCCCCCNC(=O)C(CCC(=O)OC(C)(C)C)NC(=O)OCC1c2ccccc2-c2ccccc21. The molecule has 0 aromatic heterocycles. The Bertz CT molecular complexity index is 1320. The molecule has 3 N–H and O–H groups in total. The van der Waals surface area contributed by atoms with Gasteiger partial charge in [0.05, 0.1) is 0 Å². The summed E-state index contributed by atoms with van der Waals surface area (Å²) in [5.74, 6) is -0.775. The first-order chi connectivity index (χ1) is 24.6. The average Bonchev–Trinajstić information content (AvgIpc) is 3.42. The van der Waals surface area contributed by atoms with Gasteiger partial charge in [-0.05, 0) is 68.7 Å². The molecule has 9 heteroatoms. The number of fused-ring (bicyclic) bond motifs is 3. The van der Waals surface area contributed by atoms with Crippen LogP contribution in [0.5, 0.6) is 0 Å². The lowest BCUT2D eigenvalue weighted by Gasteiger charge is -2.22. The molecule has 282 valence electrons. The summed E-state index contributed by atoms with van der Waals surface area (Å²) in [4.78, 5) is 50.8. The van der Waals surface area contributed by atoms with Gasteiger partial charge in [-0.15, -0.1) is 0 Å². The molecule has 0 radical (unpaired) electrons. The summed E-state index contributed by atoms with van der Waals surface area (Å²) in [6.45, 7) is 8.84. The maximum Gasteiger partial charge on any atom is 0.407 e. The monoisotopic (exact) mass is 705 g/mol. The van der Waals surface area contributed by atoms with Gasteiger partial charge in [0.25, 0.3) is 0 Å². The fourth-order valence-corrected chi connectivity index (χ4v) is 6.56. The minimum Gasteiger partial charge on any atom is -0.460 e. The minimum atomic E-state index is -0.950. The zero-order valence-corrected chi connectivity index (χ0v) is 31.7. The van der Waals surface area contributed by atoms with Gasteiger partial charge in [-0.1, -0.05) is 120 Å². The van der Waals surface area contributed by atoms with Gasteiger partial charge in [-0.3, -0.25) is 14.4 Å². The van der Waals surface area contributed by atoms with Crippen molar-refractivity contribution in [3.63, 3.8) is 0 Å². The highest BCUT2D eigenvalue weighted by atomic mass is 16.6. The number of rotatable bonds is 24. The van der Waals surface area contributed by atoms with Crippen molar-refractivity contribution in [3.8, 4) is 11.1 Å². The van der Waals surface area contributed by atoms with Crippen LogP contribution in [0.2, 0.25) is 0 Å². The third-order valence-electron chi connectivity index (χ3n) is 9.24. The zero-order chi connectivity index (χ0) is 36.9. The number of carbonyl (C=O) groups is 4. The Labute approximate surface area is 306 Å². The van der Waals surface area contributed by atoms with E-state index >= 15 is 0 Å². The van der Waals surface area contributed by atoms with Crippen molar-refractivity contribution < 1.29 is 28.7 Å². The van der Waals surface area contributed by atoms with E-state index in [2.05, 4.69) is 35.0 Å². The van der Waals surface area contributed by atoms with Crippen LogP contribution < -0.4 is 16.0 Å². The number of alkyl carbamates (subject to hydrolysis) is 1. The van der Waals surface area contributed by atoms with Crippen LogP contribution in [0.3, 0.4) is 0 Å². The average molecular weight is 706 g/mol. The number of esters is 1. The Balaban J connectivity index is 1.35. The first-order valence-electron chi connectivity index (χ1n) is 19.5. The summed E-state index contributed by atoms with van der Waals surface area (Å²) in [6, 6.07) is 15.3. The molecule has 2 aromatic carbocycles. The van der Waals surface area contributed by atoms with Crippen LogP contribution in [-0.4, -0.2) is 55.2 Å². The van der Waals surface area contributed by atoms with Gasteiger partial charge >= 0.3 is 12.1 Å². The van der Waals surface area contributed by atoms with Gasteiger partial charge in [-0.2, -0.15) is 0 Å². The quantitative estimate of drug-likeness (QED) is 0.0742. The number of unbranched alkanes of at least 4 members (excludes halogenated alkanes) is 11. The van der Waals surface area contributed by atoms with E-state index in [1.54, 1.807) is 20.8 Å². The Hall–Kier alpha value is -3.88. The highest BCUT2D eigenvalue weighted by molar-refractivity contribution is 5.86. The van der Waals surface area contributed by atoms with Crippen molar-refractivity contribution in [2.75, 3.05) is 19.7 Å². The number of nitrogens with one attached hydrogen (secondary N) is 3. The Kier molecular flexibility index (Phi) is 18.6. The zero-order valence-electron chi connectivity index (χ0n) is 31.7. The fraction of sp³-hybridized carbons (Fsp3) is 0.619. The molecule has 1 aliphatic carbocycles. The van der Waals surface area contributed by atoms with E-state index < -0.39 is 23.7 Å². The molecule has 3 amide bonds. The largest absolute Gasteiger partial charge is 0.460 e. The molecule has 2 aromatic rings. The number of carbonyl (C=O) groups excluding carboxylic acids is 4. The molecule has 0 saturated carbocycles. The first-order valence-corrected chi connectivity index (χ1v) is 19.5. The number of amides is 3. The third kappa shape index (κ3) is 15.9. The van der Waals surface area contributed by atoms with Gasteiger partial charge in [-0.25, -0.2) is 4.79 Å². The third-order valence-corrected chi connectivity index (χ3v) is 9.24. The van der Waals surface area contributed by atoms with E-state index in [4.69, 9.17) is 9.47 Å². The number of benzene rings is 2. The molecule has 1 aliphatic rings. The molecule has 3 rings (SSSR count). The second-order valence-electron chi connectivity index (χ2n) is 14.8. The highest BCUT2D eigenvalue weighted by Gasteiger charge is 2.30. The Morgan fingerprint density at radius 2 is 1.22 bits per heavy atom. The van der Waals surface area contributed by atoms with Crippen LogP contribution in [0.15, 0.2) is 48.5 Å². The molecule has 1 atom stereocenters. The number of ether oxygens (including phenoxy) is 2. The molecule has 1 unspecified atom stereocenters. The van der Waals surface area contributed by atoms with Crippen LogP contribution in [0, 0.1) is 0 Å². The van der Waals surface area contributed by atoms with E-state index in [0.717, 1.165) is 60.8 Å². The molecule has 0 aliphatic heterocycles. The molecule has 0 saturated heterocycles. The Morgan fingerprint density at radius 3 is 1.80 bits per heavy atom. The molecular formula is C42H63N3O6. The predicted octanol–water partition coefficient (Wildman–Crippen LogP) is 8.73. The van der Waals surface area contributed by atoms with Crippen molar-refractivity contribution in [1.29, 1.82) is 0 Å². The van der Waals surface area contributed by atoms with Crippen LogP contribution in [0.1, 0.15) is 147 Å². The first kappa shape index (κ1) is 41.5. The van der Waals surface area contributed by atoms with Crippen molar-refractivity contribution >= 4 is 23.9 Å². The molecule has 0 heterocycles. The van der Waals surface area contributed by atoms with Crippen LogP contribution in [0.4, 0.5) is 4.79 Å². The second-order valence-corrected chi connectivity index (χ2v) is 14.8. The van der Waals surface area contributed by atoms with Gasteiger partial charge < -0.3 is 25.4 Å². The predicted molar refractivity (Wildman–Crippen MR) is 203 cm³/mol. The normalized spacial score (nSPS) is 12.8. The van der Waals surface area contributed by atoms with Crippen molar-refractivity contribution in [1.82, 2.24) is 16.0 Å². The van der Waals surface area contributed by atoms with E-state index in [1.807, 2.05) is 36.4 Å². The summed E-state index contributed by atoms with van der Waals surface area (Å²) in [6.07, 6.45) is 14.6. The van der Waals surface area contributed by atoms with Crippen LogP contribution in [-0.2, 0) is 23.9 Å². The van der Waals surface area contributed by atoms with E-state index in [-0.39, 0.29) is 37.2 Å². The van der Waals surface area contributed by atoms with Crippen LogP contribution in [0.25, 0.3) is 11.1 Å². The van der Waals surface area contributed by atoms with Gasteiger partial charge in [0.15, 0.2) is 0 Å². The topological polar surface area (TPSA) is 123 Å². The molecule has 0 spiro atoms. The summed E-state index contributed by atoms with van der Waals surface area (Å²) in [7, 11) is 0. The molecular weight excluding hydrogens is 642 g/mol. The van der Waals surface area contributed by atoms with Crippen molar-refractivity contribution in [2.45, 2.75) is 148 Å². The summed E-state index contributed by atoms with van der Waals surface area (Å²) >= 11 is 0. The van der Waals surface area contributed by atoms with Crippen molar-refractivity contribution in [3.05, 3.63) is 59.7 Å². The van der Waals surface area contributed by atoms with E-state index in [1.165, 1.54) is 44.9 Å². The minimum absolute atomic E-state index is 0.0240. The van der Waals surface area contributed by atoms with E-state index in [9.17, 15) is 19.2 Å². The molecule has 0 fully saturated rings. The lowest BCUT2D eigenvalue weighted by Crippen LogP contribution is -2.47. The summed E-state index contributed by atoms with van der Waals surface area (Å²) in [5, 5.41) is 8.64. The number of hydrogen-bond acceptors (Lipinski definition) is 6. The smallest absolute Gasteiger partial charge is 0.407 e. The number of hydrogen-bond donors (Lipinski definition) is 3. The van der Waals surface area contributed by atoms with E-state index in [0.29, 0.717) is 19.5 Å². The molecule has 0 bridgehead atoms. The van der Waals surface area contributed by atoms with Gasteiger partial charge in [0.2, 0.25) is 11.8 Å². The van der Waals surface area contributed by atoms with Crippen LogP contribution >= 0.6 is 0 Å².